The summed E-state index contributed by atoms with van der Waals surface area (Å²) in [7, 11) is 0. The number of carboxylic acid groups (broad SMARTS) is 1. The van der Waals surface area contributed by atoms with Crippen LogP contribution in [0.2, 0.25) is 0 Å². The molecule has 0 spiro atoms. The Morgan fingerprint density at radius 1 is 0.941 bits per heavy atom. The van der Waals surface area contributed by atoms with E-state index in [1.807, 2.05) is 6.92 Å². The Hall–Kier alpha value is -3.81. The SMILES string of the molecule is CCCC(Oc1ccc(-c2ccc(F)c(F)c2F)cc1)c1ccc(C(=O)NCCC(=O)O)cc1. The molecule has 1 unspecified atom stereocenters. The van der Waals surface area contributed by atoms with Gasteiger partial charge in [0.1, 0.15) is 11.9 Å². The van der Waals surface area contributed by atoms with Crippen molar-refractivity contribution in [3.63, 3.8) is 0 Å². The van der Waals surface area contributed by atoms with Gasteiger partial charge in [0.2, 0.25) is 0 Å². The molecular weight excluding hydrogens is 447 g/mol. The minimum Gasteiger partial charge on any atom is -0.486 e. The Balaban J connectivity index is 1.71. The van der Waals surface area contributed by atoms with Crippen molar-refractivity contribution in [2.75, 3.05) is 6.54 Å². The van der Waals surface area contributed by atoms with Gasteiger partial charge in [-0.15, -0.1) is 0 Å². The quantitative estimate of drug-likeness (QED) is 0.361. The minimum atomic E-state index is -1.51. The molecule has 3 aromatic carbocycles. The van der Waals surface area contributed by atoms with Gasteiger partial charge in [-0.25, -0.2) is 13.2 Å². The number of amides is 1. The number of rotatable bonds is 10. The highest BCUT2D eigenvalue weighted by Crippen LogP contribution is 2.30. The molecule has 0 saturated carbocycles. The Bertz CT molecular complexity index is 1150. The van der Waals surface area contributed by atoms with Crippen LogP contribution in [0.1, 0.15) is 48.2 Å². The van der Waals surface area contributed by atoms with Gasteiger partial charge in [0, 0.05) is 17.7 Å². The predicted octanol–water partition coefficient (Wildman–Crippen LogP) is 5.90. The fourth-order valence-electron chi connectivity index (χ4n) is 3.42. The van der Waals surface area contributed by atoms with Crippen LogP contribution < -0.4 is 10.1 Å². The second kappa shape index (κ2) is 11.4. The van der Waals surface area contributed by atoms with E-state index in [0.29, 0.717) is 23.3 Å². The summed E-state index contributed by atoms with van der Waals surface area (Å²) in [6, 6.07) is 15.3. The van der Waals surface area contributed by atoms with Gasteiger partial charge in [0.05, 0.1) is 6.42 Å². The fourth-order valence-corrected chi connectivity index (χ4v) is 3.42. The zero-order valence-electron chi connectivity index (χ0n) is 18.5. The molecular formula is C26H24F3NO4. The molecule has 0 aliphatic carbocycles. The second-order valence-corrected chi connectivity index (χ2v) is 7.66. The Morgan fingerprint density at radius 3 is 2.24 bits per heavy atom. The van der Waals surface area contributed by atoms with Crippen LogP contribution in [0.3, 0.4) is 0 Å². The van der Waals surface area contributed by atoms with Crippen molar-refractivity contribution in [1.82, 2.24) is 5.32 Å². The minimum absolute atomic E-state index is 0.0436. The summed E-state index contributed by atoms with van der Waals surface area (Å²) in [5.41, 5.74) is 1.59. The van der Waals surface area contributed by atoms with E-state index >= 15 is 0 Å². The summed E-state index contributed by atoms with van der Waals surface area (Å²) in [4.78, 5) is 22.7. The molecule has 2 N–H and O–H groups in total. The summed E-state index contributed by atoms with van der Waals surface area (Å²) in [5.74, 6) is -4.84. The van der Waals surface area contributed by atoms with Crippen molar-refractivity contribution in [3.8, 4) is 16.9 Å². The van der Waals surface area contributed by atoms with Crippen molar-refractivity contribution < 1.29 is 32.6 Å². The number of hydrogen-bond acceptors (Lipinski definition) is 3. The molecule has 0 radical (unpaired) electrons. The summed E-state index contributed by atoms with van der Waals surface area (Å²) in [5, 5.41) is 11.2. The first-order chi connectivity index (χ1) is 16.3. The van der Waals surface area contributed by atoms with E-state index < -0.39 is 23.4 Å². The van der Waals surface area contributed by atoms with Gasteiger partial charge in [-0.2, -0.15) is 0 Å². The standard InChI is InChI=1S/C26H24F3NO4/c1-2-3-22(17-4-6-18(7-5-17)26(33)30-15-14-23(31)32)34-19-10-8-16(9-11-19)20-12-13-21(27)25(29)24(20)28/h4-13,22H,2-3,14-15H2,1H3,(H,30,33)(H,31,32). The van der Waals surface area contributed by atoms with Gasteiger partial charge >= 0.3 is 5.97 Å². The normalized spacial score (nSPS) is 11.6. The van der Waals surface area contributed by atoms with Crippen LogP contribution in [-0.2, 0) is 4.79 Å². The Kier molecular flexibility index (Phi) is 8.29. The molecule has 34 heavy (non-hydrogen) atoms. The average molecular weight is 471 g/mol. The van der Waals surface area contributed by atoms with E-state index in [2.05, 4.69) is 5.32 Å². The van der Waals surface area contributed by atoms with Crippen molar-refractivity contribution in [1.29, 1.82) is 0 Å². The van der Waals surface area contributed by atoms with Crippen LogP contribution >= 0.6 is 0 Å². The van der Waals surface area contributed by atoms with E-state index in [1.165, 1.54) is 6.07 Å². The Labute approximate surface area is 195 Å². The van der Waals surface area contributed by atoms with E-state index in [9.17, 15) is 22.8 Å². The van der Waals surface area contributed by atoms with Crippen LogP contribution in [0.25, 0.3) is 11.1 Å². The first kappa shape index (κ1) is 24.8. The molecule has 0 aromatic heterocycles. The molecule has 0 aliphatic rings. The first-order valence-electron chi connectivity index (χ1n) is 10.8. The maximum atomic E-state index is 14.1. The number of aliphatic carboxylic acids is 1. The maximum Gasteiger partial charge on any atom is 0.305 e. The van der Waals surface area contributed by atoms with Gasteiger partial charge in [-0.1, -0.05) is 37.6 Å². The topological polar surface area (TPSA) is 75.6 Å². The summed E-state index contributed by atoms with van der Waals surface area (Å²) >= 11 is 0. The number of hydrogen-bond donors (Lipinski definition) is 2. The Morgan fingerprint density at radius 2 is 1.62 bits per heavy atom. The van der Waals surface area contributed by atoms with Crippen LogP contribution in [0.4, 0.5) is 13.2 Å². The van der Waals surface area contributed by atoms with Gasteiger partial charge in [0.15, 0.2) is 17.5 Å². The van der Waals surface area contributed by atoms with Crippen LogP contribution in [0.5, 0.6) is 5.75 Å². The number of carbonyl (C=O) groups excluding carboxylic acids is 1. The van der Waals surface area contributed by atoms with E-state index in [-0.39, 0.29) is 30.5 Å². The van der Waals surface area contributed by atoms with Gasteiger partial charge in [-0.3, -0.25) is 9.59 Å². The number of ether oxygens (including phenoxy) is 1. The third-order valence-electron chi connectivity index (χ3n) is 5.20. The highest BCUT2D eigenvalue weighted by atomic mass is 19.2. The van der Waals surface area contributed by atoms with Crippen molar-refractivity contribution in [3.05, 3.63) is 89.2 Å². The molecule has 0 heterocycles. The van der Waals surface area contributed by atoms with Crippen molar-refractivity contribution in [2.45, 2.75) is 32.3 Å². The van der Waals surface area contributed by atoms with Gasteiger partial charge in [0.25, 0.3) is 5.91 Å². The number of nitrogens with one attached hydrogen (secondary N) is 1. The molecule has 0 aliphatic heterocycles. The molecule has 0 saturated heterocycles. The molecule has 1 amide bonds. The van der Waals surface area contributed by atoms with Crippen molar-refractivity contribution >= 4 is 11.9 Å². The summed E-state index contributed by atoms with van der Waals surface area (Å²) in [6.07, 6.45) is 1.07. The highest BCUT2D eigenvalue weighted by Gasteiger charge is 2.17. The molecule has 0 bridgehead atoms. The molecule has 1 atom stereocenters. The highest BCUT2D eigenvalue weighted by molar-refractivity contribution is 5.94. The molecule has 5 nitrogen and oxygen atoms in total. The molecule has 3 rings (SSSR count). The first-order valence-corrected chi connectivity index (χ1v) is 10.8. The molecule has 8 heteroatoms. The van der Waals surface area contributed by atoms with Crippen LogP contribution in [-0.4, -0.2) is 23.5 Å². The van der Waals surface area contributed by atoms with E-state index in [1.54, 1.807) is 48.5 Å². The fraction of sp³-hybridized carbons (Fsp3) is 0.231. The van der Waals surface area contributed by atoms with Crippen LogP contribution in [0, 0.1) is 17.5 Å². The zero-order chi connectivity index (χ0) is 24.7. The lowest BCUT2D eigenvalue weighted by Crippen LogP contribution is -2.26. The summed E-state index contributed by atoms with van der Waals surface area (Å²) in [6.45, 7) is 2.05. The van der Waals surface area contributed by atoms with E-state index in [4.69, 9.17) is 9.84 Å². The molecule has 0 fully saturated rings. The number of carbonyl (C=O) groups is 2. The third-order valence-corrected chi connectivity index (χ3v) is 5.20. The maximum absolute atomic E-state index is 14.1. The number of carboxylic acids is 1. The number of halogens is 3. The largest absolute Gasteiger partial charge is 0.486 e. The molecule has 178 valence electrons. The molecule has 3 aromatic rings. The van der Waals surface area contributed by atoms with E-state index in [0.717, 1.165) is 18.1 Å². The zero-order valence-corrected chi connectivity index (χ0v) is 18.5. The van der Waals surface area contributed by atoms with Gasteiger partial charge in [-0.05, 0) is 53.9 Å². The lowest BCUT2D eigenvalue weighted by molar-refractivity contribution is -0.136. The summed E-state index contributed by atoms with van der Waals surface area (Å²) < 4.78 is 46.9. The van der Waals surface area contributed by atoms with Gasteiger partial charge < -0.3 is 15.2 Å². The smallest absolute Gasteiger partial charge is 0.305 e. The second-order valence-electron chi connectivity index (χ2n) is 7.66. The third kappa shape index (κ3) is 6.15. The monoisotopic (exact) mass is 471 g/mol. The van der Waals surface area contributed by atoms with Crippen molar-refractivity contribution in [2.24, 2.45) is 0 Å². The number of benzene rings is 3. The lowest BCUT2D eigenvalue weighted by atomic mass is 10.0. The lowest BCUT2D eigenvalue weighted by Gasteiger charge is -2.20. The predicted molar refractivity (Wildman–Crippen MR) is 121 cm³/mol. The van der Waals surface area contributed by atoms with Crippen LogP contribution in [0.15, 0.2) is 60.7 Å². The average Bonchev–Trinajstić information content (AvgIpc) is 2.83.